The van der Waals surface area contributed by atoms with E-state index in [4.69, 9.17) is 0 Å². The van der Waals surface area contributed by atoms with Gasteiger partial charge in [-0.3, -0.25) is 25.5 Å². The quantitative estimate of drug-likeness (QED) is 0.0584. The molecule has 0 spiro atoms. The zero-order valence-corrected chi connectivity index (χ0v) is 67.6. The van der Waals surface area contributed by atoms with Crippen molar-refractivity contribution in [3.63, 3.8) is 0 Å². The number of hydrogen-bond donors (Lipinski definition) is 0. The van der Waals surface area contributed by atoms with Gasteiger partial charge in [-0.15, -0.1) is 26.1 Å². The molecule has 536 valence electrons. The molecule has 0 amide bonds. The molecule has 96 heavy (non-hydrogen) atoms. The van der Waals surface area contributed by atoms with Gasteiger partial charge in [-0.1, -0.05) is 184 Å². The van der Waals surface area contributed by atoms with Crippen molar-refractivity contribution >= 4 is 99.6 Å². The van der Waals surface area contributed by atoms with Crippen LogP contribution in [0.2, 0.25) is 68.2 Å². The molecular formula is C46H97B10N35Pd5. The number of aromatic nitrogens is 20. The van der Waals surface area contributed by atoms with Gasteiger partial charge in [0.2, 0.25) is 34.9 Å². The topological polar surface area (TPSA) is 312 Å². The Balaban J connectivity index is 0.000000593. The van der Waals surface area contributed by atoms with E-state index in [0.29, 0.717) is 70.7 Å². The SMILES string of the molecule is CB1N(C)[CH-]N(c2nnn[n-]2)B(C)N1C(C)C.CCCCCCN1B(C)N(C)[CH-]N(c2nnn[n-]2)B1C.CCCCCN1B(C)N(C)[CH-]N(c2nnn[n-]2)B1C.CCCCN1B(C)N(C)[CH-]N(c2nnn[n-]2)B1C.CCCN1B(C)N(C)[CH-]N(c2nnn[n-]2)B1C.[Pd+2].[Pd+2].[Pd+2].[Pd+2].[Pd+2]. The van der Waals surface area contributed by atoms with Crippen LogP contribution in [-0.4, -0.2) is 263 Å². The third-order valence-corrected chi connectivity index (χ3v) is 18.0. The van der Waals surface area contributed by atoms with E-state index in [-0.39, 0.29) is 137 Å². The monoisotopic (exact) mass is 1780 g/mol. The number of unbranched alkanes of at least 4 members (excludes halogenated alkanes) is 6. The third kappa shape index (κ3) is 24.8. The van der Waals surface area contributed by atoms with Crippen molar-refractivity contribution in [2.75, 3.05) is 85.5 Å². The molecule has 0 unspecified atom stereocenters. The predicted octanol–water partition coefficient (Wildman–Crippen LogP) is 0.566. The van der Waals surface area contributed by atoms with Crippen LogP contribution in [0.1, 0.15) is 106 Å². The molecule has 0 N–H and O–H groups in total. The summed E-state index contributed by atoms with van der Waals surface area (Å²) in [6.07, 6.45) is 12.3. The smallest absolute Gasteiger partial charge is 0.564 e. The Morgan fingerprint density at radius 1 is 0.302 bits per heavy atom. The minimum Gasteiger partial charge on any atom is -0.564 e. The van der Waals surface area contributed by atoms with Gasteiger partial charge in [-0.25, -0.2) is 58.8 Å². The molecule has 10 rings (SSSR count). The van der Waals surface area contributed by atoms with Gasteiger partial charge in [-0.05, 0) is 57.9 Å². The summed E-state index contributed by atoms with van der Waals surface area (Å²) in [6.45, 7) is 52.3. The van der Waals surface area contributed by atoms with Crippen LogP contribution in [0.15, 0.2) is 0 Å². The molecule has 0 radical (unpaired) electrons. The van der Waals surface area contributed by atoms with Crippen molar-refractivity contribution in [2.24, 2.45) is 0 Å². The van der Waals surface area contributed by atoms with Crippen LogP contribution in [0, 0.1) is 33.3 Å². The summed E-state index contributed by atoms with van der Waals surface area (Å²) in [6, 6.07) is 0.439. The molecule has 5 aliphatic rings. The van der Waals surface area contributed by atoms with E-state index in [9.17, 15) is 0 Å². The molecule has 5 saturated heterocycles. The number of hydrogen-bond acceptors (Lipinski definition) is 30. The molecular weight excluding hydrogens is 1680 g/mol. The van der Waals surface area contributed by atoms with Gasteiger partial charge in [0.25, 0.3) is 34.9 Å². The number of nitrogens with zero attached hydrogens (tertiary/aromatic N) is 35. The average molecular weight is 1780 g/mol. The zero-order chi connectivity index (χ0) is 66.5. The maximum absolute atomic E-state index is 3.96. The van der Waals surface area contributed by atoms with Gasteiger partial charge in [0, 0.05) is 0 Å². The molecule has 5 aromatic rings. The van der Waals surface area contributed by atoms with E-state index in [0.717, 1.165) is 32.6 Å². The molecule has 35 nitrogen and oxygen atoms in total. The van der Waals surface area contributed by atoms with E-state index in [2.05, 4.69) is 289 Å². The first-order valence-electron chi connectivity index (χ1n) is 32.6. The summed E-state index contributed by atoms with van der Waals surface area (Å²) >= 11 is 0. The second-order valence-corrected chi connectivity index (χ2v) is 24.3. The second kappa shape index (κ2) is 46.5. The van der Waals surface area contributed by atoms with Crippen LogP contribution in [0.25, 0.3) is 0 Å². The summed E-state index contributed by atoms with van der Waals surface area (Å²) in [4.78, 5) is 20.8. The van der Waals surface area contributed by atoms with Gasteiger partial charge < -0.3 is 71.7 Å². The molecule has 5 aliphatic heterocycles. The zero-order valence-electron chi connectivity index (χ0n) is 59.9. The number of tetrazole rings is 5. The van der Waals surface area contributed by atoms with Gasteiger partial charge >= 0.3 is 102 Å². The predicted molar refractivity (Wildman–Crippen MR) is 367 cm³/mol. The van der Waals surface area contributed by atoms with Crippen molar-refractivity contribution in [1.82, 2.24) is 151 Å². The molecule has 50 heteroatoms. The fraction of sp³-hybridized carbons (Fsp3) is 0.783. The summed E-state index contributed by atoms with van der Waals surface area (Å²) in [5, 5.41) is 74.9. The second-order valence-electron chi connectivity index (χ2n) is 24.3. The average Bonchev–Trinajstić information content (AvgIpc) is 1.37. The van der Waals surface area contributed by atoms with Crippen LogP contribution in [-0.2, 0) is 102 Å². The first kappa shape index (κ1) is 91.9. The minimum atomic E-state index is 0. The normalized spacial score (nSPS) is 17.8. The number of anilines is 5. The van der Waals surface area contributed by atoms with Crippen LogP contribution < -0.4 is 49.5 Å². The van der Waals surface area contributed by atoms with E-state index in [1.807, 2.05) is 64.4 Å². The van der Waals surface area contributed by atoms with Gasteiger partial charge in [0.1, 0.15) is 0 Å². The summed E-state index contributed by atoms with van der Waals surface area (Å²) in [5.41, 5.74) is 0. The molecule has 0 saturated carbocycles. The molecule has 10 heterocycles. The Labute approximate surface area is 645 Å². The Morgan fingerprint density at radius 2 is 0.542 bits per heavy atom. The van der Waals surface area contributed by atoms with Gasteiger partial charge in [0.15, 0.2) is 0 Å². The van der Waals surface area contributed by atoms with Crippen LogP contribution >= 0.6 is 0 Å². The van der Waals surface area contributed by atoms with E-state index in [1.54, 1.807) is 0 Å². The molecule has 0 atom stereocenters. The Kier molecular flexibility index (Phi) is 44.5. The summed E-state index contributed by atoms with van der Waals surface area (Å²) < 4.78 is 12.1. The van der Waals surface area contributed by atoms with Crippen LogP contribution in [0.4, 0.5) is 29.7 Å². The Bertz CT molecular complexity index is 2680. The fourth-order valence-corrected chi connectivity index (χ4v) is 12.0. The van der Waals surface area contributed by atoms with E-state index < -0.39 is 0 Å². The van der Waals surface area contributed by atoms with Gasteiger partial charge in [-0.2, -0.15) is 26.1 Å². The molecule has 0 aromatic carbocycles. The molecule has 5 fully saturated rings. The van der Waals surface area contributed by atoms with Crippen molar-refractivity contribution in [1.29, 1.82) is 0 Å². The fourth-order valence-electron chi connectivity index (χ4n) is 12.0. The third-order valence-electron chi connectivity index (χ3n) is 18.0. The van der Waals surface area contributed by atoms with E-state index >= 15 is 0 Å². The van der Waals surface area contributed by atoms with Crippen molar-refractivity contribution in [2.45, 2.75) is 180 Å². The van der Waals surface area contributed by atoms with Crippen molar-refractivity contribution in [3.05, 3.63) is 33.3 Å². The van der Waals surface area contributed by atoms with Gasteiger partial charge in [0.05, 0.1) is 29.7 Å². The Morgan fingerprint density at radius 3 is 0.792 bits per heavy atom. The first-order valence-corrected chi connectivity index (χ1v) is 32.6. The van der Waals surface area contributed by atoms with Crippen molar-refractivity contribution < 1.29 is 102 Å². The van der Waals surface area contributed by atoms with Crippen LogP contribution in [0.5, 0.6) is 0 Å². The summed E-state index contributed by atoms with van der Waals surface area (Å²) in [7, 11) is 10.3. The molecule has 0 bridgehead atoms. The standard InChI is InChI=1S/C11H23B2N7.C10H21B2N7.C9H19B2N7.2C8H17B2N7.5Pd/c1-5-6-7-8-9-20-12(2)18(4)10-19(13(20)3)11-14-16-17-15-11;1-5-6-7-8-19-11(2)17(4)9-18(12(19)3)10-13-15-16-14-10;1-5-6-7-18-10(2)16(4)8-17(11(18)3)9-12-14-15-13-9;1-7(2)17-9(3)15(5)6-16(10(17)4)8-11-13-14-12-8;1-5-6-17-9(2)15(4)7-16(10(17)3)8-11-13-14-12-8;;;;;/h10H,5-9H2,1-4H3;9H,5-8H2,1-4H3;8H,5-7H2,1-4H3;6-7H,1-5H3;7H,5-6H2,1-4H3;;;;;/q5*-2;5*+2. The molecule has 0 aliphatic carbocycles. The summed E-state index contributed by atoms with van der Waals surface area (Å²) in [5.74, 6) is 2.78. The van der Waals surface area contributed by atoms with Crippen molar-refractivity contribution in [3.8, 4) is 0 Å². The Hall–Kier alpha value is -2.09. The molecule has 5 aromatic heterocycles. The number of rotatable bonds is 20. The largest absolute Gasteiger partial charge is 2.00 e. The van der Waals surface area contributed by atoms with Crippen LogP contribution in [0.3, 0.4) is 0 Å². The van der Waals surface area contributed by atoms with E-state index in [1.165, 1.54) is 57.8 Å². The first-order chi connectivity index (χ1) is 43.6. The minimum absolute atomic E-state index is 0. The maximum Gasteiger partial charge on any atom is 2.00 e. The maximum atomic E-state index is 3.96.